The summed E-state index contributed by atoms with van der Waals surface area (Å²) in [5.74, 6) is 0.955. The van der Waals surface area contributed by atoms with Crippen molar-refractivity contribution in [1.82, 2.24) is 14.5 Å². The molecule has 3 rings (SSSR count). The Morgan fingerprint density at radius 3 is 2.33 bits per heavy atom. The maximum atomic E-state index is 6.39. The van der Waals surface area contributed by atoms with E-state index in [2.05, 4.69) is 79.5 Å². The van der Waals surface area contributed by atoms with Crippen LogP contribution in [0.5, 0.6) is 5.75 Å². The minimum atomic E-state index is -1.81. The summed E-state index contributed by atoms with van der Waals surface area (Å²) >= 11 is 0. The van der Waals surface area contributed by atoms with E-state index in [0.29, 0.717) is 0 Å². The quantitative estimate of drug-likeness (QED) is 0.713. The van der Waals surface area contributed by atoms with E-state index in [9.17, 15) is 0 Å². The molecule has 1 aromatic heterocycles. The van der Waals surface area contributed by atoms with E-state index >= 15 is 0 Å². The Bertz CT molecular complexity index is 757. The van der Waals surface area contributed by atoms with Crippen LogP contribution in [0.4, 0.5) is 0 Å². The predicted molar refractivity (Wildman–Crippen MR) is 112 cm³/mol. The van der Waals surface area contributed by atoms with Crippen LogP contribution in [0.15, 0.2) is 30.6 Å². The fraction of sp³-hybridized carbons (Fsp3) is 0.571. The van der Waals surface area contributed by atoms with Crippen molar-refractivity contribution in [2.45, 2.75) is 52.4 Å². The van der Waals surface area contributed by atoms with Gasteiger partial charge in [-0.05, 0) is 49.3 Å². The molecule has 0 saturated carbocycles. The van der Waals surface area contributed by atoms with Crippen LogP contribution in [0.1, 0.15) is 32.2 Å². The lowest BCUT2D eigenvalue weighted by molar-refractivity contribution is 0.0336. The number of ether oxygens (including phenoxy) is 1. The number of hydrogen-bond acceptors (Lipinski definition) is 4. The second-order valence-electron chi connectivity index (χ2n) is 8.89. The predicted octanol–water partition coefficient (Wildman–Crippen LogP) is 4.40. The first-order valence-corrected chi connectivity index (χ1v) is 12.7. The Morgan fingerprint density at radius 1 is 1.11 bits per heavy atom. The molecule has 0 amide bonds. The number of aromatic nitrogens is 2. The summed E-state index contributed by atoms with van der Waals surface area (Å²) in [6, 6.07) is 8.40. The minimum Gasteiger partial charge on any atom is -0.544 e. The van der Waals surface area contributed by atoms with Gasteiger partial charge in [-0.3, -0.25) is 4.90 Å². The Hall–Kier alpha value is -1.63. The lowest BCUT2D eigenvalue weighted by Gasteiger charge is -2.36. The van der Waals surface area contributed by atoms with Crippen LogP contribution < -0.4 is 4.43 Å². The molecule has 1 aliphatic heterocycles. The van der Waals surface area contributed by atoms with Gasteiger partial charge in [0.2, 0.25) is 8.32 Å². The highest BCUT2D eigenvalue weighted by Crippen LogP contribution is 2.37. The van der Waals surface area contributed by atoms with E-state index in [4.69, 9.17) is 9.16 Å². The van der Waals surface area contributed by atoms with E-state index in [1.54, 1.807) is 0 Å². The van der Waals surface area contributed by atoms with E-state index in [-0.39, 0.29) is 5.04 Å². The van der Waals surface area contributed by atoms with Gasteiger partial charge in [-0.25, -0.2) is 4.98 Å². The molecule has 2 aromatic rings. The van der Waals surface area contributed by atoms with Crippen LogP contribution in [0, 0.1) is 6.92 Å². The van der Waals surface area contributed by atoms with Crippen molar-refractivity contribution in [2.75, 3.05) is 26.3 Å². The van der Waals surface area contributed by atoms with Gasteiger partial charge in [0.1, 0.15) is 5.75 Å². The molecule has 0 aliphatic carbocycles. The van der Waals surface area contributed by atoms with Gasteiger partial charge in [-0.15, -0.1) is 0 Å². The summed E-state index contributed by atoms with van der Waals surface area (Å²) in [5, 5.41) is 0.195. The molecule has 1 fully saturated rings. The molecule has 1 aromatic carbocycles. The number of rotatable bonds is 5. The number of morpholine rings is 1. The summed E-state index contributed by atoms with van der Waals surface area (Å²) in [6.45, 7) is 18.0. The monoisotopic (exact) mass is 387 g/mol. The summed E-state index contributed by atoms with van der Waals surface area (Å²) in [6.07, 6.45) is 1.93. The third-order valence-electron chi connectivity index (χ3n) is 5.88. The van der Waals surface area contributed by atoms with Gasteiger partial charge in [-0.2, -0.15) is 0 Å². The number of nitrogens with zero attached hydrogens (tertiary/aromatic N) is 3. The number of benzene rings is 1. The van der Waals surface area contributed by atoms with Crippen molar-refractivity contribution < 1.29 is 9.16 Å². The molecular formula is C21H33N3O2Si. The Morgan fingerprint density at radius 2 is 1.74 bits per heavy atom. The number of hydrogen-bond donors (Lipinski definition) is 0. The molecule has 1 aliphatic rings. The summed E-state index contributed by atoms with van der Waals surface area (Å²) in [5.41, 5.74) is 3.45. The minimum absolute atomic E-state index is 0.195. The normalized spacial score (nSPS) is 16.5. The van der Waals surface area contributed by atoms with Crippen LogP contribution in [-0.2, 0) is 11.3 Å². The lowest BCUT2D eigenvalue weighted by Crippen LogP contribution is -2.43. The number of imidazole rings is 1. The van der Waals surface area contributed by atoms with Gasteiger partial charge in [0, 0.05) is 31.0 Å². The SMILES string of the molecule is Cc1c(CN2CCOCC2)ncn1-c1ccc(O[Si](C)(C)C(C)(C)C)cc1. The van der Waals surface area contributed by atoms with Crippen molar-refractivity contribution in [1.29, 1.82) is 0 Å². The van der Waals surface area contributed by atoms with Crippen LogP contribution in [-0.4, -0.2) is 49.1 Å². The van der Waals surface area contributed by atoms with Crippen molar-refractivity contribution in [2.24, 2.45) is 0 Å². The van der Waals surface area contributed by atoms with Crippen LogP contribution in [0.3, 0.4) is 0 Å². The first kappa shape index (κ1) is 20.1. The molecule has 0 atom stereocenters. The highest BCUT2D eigenvalue weighted by atomic mass is 28.4. The van der Waals surface area contributed by atoms with Gasteiger partial charge in [-0.1, -0.05) is 20.8 Å². The molecule has 0 bridgehead atoms. The van der Waals surface area contributed by atoms with Crippen LogP contribution in [0.2, 0.25) is 18.1 Å². The van der Waals surface area contributed by atoms with Crippen molar-refractivity contribution in [3.05, 3.63) is 42.0 Å². The van der Waals surface area contributed by atoms with Crippen molar-refractivity contribution in [3.8, 4) is 11.4 Å². The second-order valence-corrected chi connectivity index (χ2v) is 13.6. The smallest absolute Gasteiger partial charge is 0.250 e. The van der Waals surface area contributed by atoms with Gasteiger partial charge < -0.3 is 13.7 Å². The summed E-state index contributed by atoms with van der Waals surface area (Å²) < 4.78 is 14.0. The maximum Gasteiger partial charge on any atom is 0.250 e. The van der Waals surface area contributed by atoms with Gasteiger partial charge in [0.05, 0.1) is 25.2 Å². The van der Waals surface area contributed by atoms with Crippen LogP contribution in [0.25, 0.3) is 5.69 Å². The van der Waals surface area contributed by atoms with Gasteiger partial charge >= 0.3 is 0 Å². The maximum absolute atomic E-state index is 6.39. The molecule has 0 spiro atoms. The Kier molecular flexibility index (Phi) is 5.79. The summed E-state index contributed by atoms with van der Waals surface area (Å²) in [7, 11) is -1.81. The average molecular weight is 388 g/mol. The standard InChI is InChI=1S/C21H33N3O2Si/c1-17-20(15-23-11-13-25-14-12-23)22-16-24(17)18-7-9-19(10-8-18)26-27(5,6)21(2,3)4/h7-10,16H,11-15H2,1-6H3. The van der Waals surface area contributed by atoms with Crippen molar-refractivity contribution >= 4 is 8.32 Å². The van der Waals surface area contributed by atoms with Gasteiger partial charge in [0.15, 0.2) is 0 Å². The Balaban J connectivity index is 1.72. The van der Waals surface area contributed by atoms with Crippen molar-refractivity contribution in [3.63, 3.8) is 0 Å². The summed E-state index contributed by atoms with van der Waals surface area (Å²) in [4.78, 5) is 7.06. The molecule has 5 nitrogen and oxygen atoms in total. The molecule has 2 heterocycles. The largest absolute Gasteiger partial charge is 0.544 e. The van der Waals surface area contributed by atoms with E-state index < -0.39 is 8.32 Å². The lowest BCUT2D eigenvalue weighted by atomic mass is 10.2. The molecule has 0 unspecified atom stereocenters. The highest BCUT2D eigenvalue weighted by molar-refractivity contribution is 6.74. The first-order valence-electron chi connectivity index (χ1n) is 9.80. The average Bonchev–Trinajstić information content (AvgIpc) is 2.96. The topological polar surface area (TPSA) is 39.5 Å². The molecular weight excluding hydrogens is 354 g/mol. The first-order chi connectivity index (χ1) is 12.7. The molecule has 1 saturated heterocycles. The molecule has 0 radical (unpaired) electrons. The fourth-order valence-electron chi connectivity index (χ4n) is 2.96. The van der Waals surface area contributed by atoms with E-state index in [1.165, 1.54) is 5.69 Å². The van der Waals surface area contributed by atoms with Gasteiger partial charge in [0.25, 0.3) is 0 Å². The zero-order valence-electron chi connectivity index (χ0n) is 17.6. The molecule has 0 N–H and O–H groups in total. The molecule has 148 valence electrons. The third kappa shape index (κ3) is 4.62. The van der Waals surface area contributed by atoms with E-state index in [1.807, 2.05) is 6.33 Å². The zero-order chi connectivity index (χ0) is 19.7. The van der Waals surface area contributed by atoms with E-state index in [0.717, 1.165) is 50.0 Å². The second kappa shape index (κ2) is 7.77. The fourth-order valence-corrected chi connectivity index (χ4v) is 3.99. The highest BCUT2D eigenvalue weighted by Gasteiger charge is 2.38. The zero-order valence-corrected chi connectivity index (χ0v) is 18.6. The Labute approximate surface area is 164 Å². The molecule has 27 heavy (non-hydrogen) atoms. The molecule has 6 heteroatoms. The third-order valence-corrected chi connectivity index (χ3v) is 10.2. The van der Waals surface area contributed by atoms with Crippen LogP contribution >= 0.6 is 0 Å².